The molecular weight excluding hydrogens is 238 g/mol. The number of hydrogen-bond acceptors (Lipinski definition) is 3. The number of alkyl halides is 1. The molecule has 13 heavy (non-hydrogen) atoms. The maximum atomic E-state index is 11.2. The molecule has 4 nitrogen and oxygen atoms in total. The summed E-state index contributed by atoms with van der Waals surface area (Å²) in [5, 5.41) is 2.52. The van der Waals surface area contributed by atoms with E-state index in [1.165, 1.54) is 7.11 Å². The van der Waals surface area contributed by atoms with E-state index in [4.69, 9.17) is 0 Å². The number of methoxy groups -OCH3 is 1. The zero-order chi connectivity index (χ0) is 10.4. The quantitative estimate of drug-likeness (QED) is 0.595. The molecule has 2 atom stereocenters. The van der Waals surface area contributed by atoms with Gasteiger partial charge in [0.1, 0.15) is 6.04 Å². The molecular formula is C8H14BrNO3. The van der Waals surface area contributed by atoms with Crippen LogP contribution in [0.25, 0.3) is 0 Å². The van der Waals surface area contributed by atoms with Gasteiger partial charge in [0, 0.05) is 0 Å². The van der Waals surface area contributed by atoms with Gasteiger partial charge in [-0.3, -0.25) is 4.79 Å². The molecule has 0 bridgehead atoms. The molecule has 0 heterocycles. The first-order chi connectivity index (χ1) is 6.02. The third-order valence-electron chi connectivity index (χ3n) is 1.56. The Balaban J connectivity index is 3.98. The Morgan fingerprint density at radius 3 is 2.46 bits per heavy atom. The summed E-state index contributed by atoms with van der Waals surface area (Å²) in [6.07, 6.45) is 0.680. The lowest BCUT2D eigenvalue weighted by Crippen LogP contribution is -2.42. The minimum Gasteiger partial charge on any atom is -0.467 e. The molecule has 0 aromatic heterocycles. The van der Waals surface area contributed by atoms with Gasteiger partial charge in [-0.25, -0.2) is 4.79 Å². The molecule has 0 aromatic carbocycles. The van der Waals surface area contributed by atoms with Gasteiger partial charge in [-0.05, 0) is 13.3 Å². The van der Waals surface area contributed by atoms with E-state index in [1.807, 2.05) is 6.92 Å². The van der Waals surface area contributed by atoms with Crippen LogP contribution in [0.15, 0.2) is 0 Å². The second kappa shape index (κ2) is 5.96. The number of amides is 1. The van der Waals surface area contributed by atoms with Crippen molar-refractivity contribution in [1.82, 2.24) is 5.32 Å². The normalized spacial score (nSPS) is 14.5. The van der Waals surface area contributed by atoms with Crippen molar-refractivity contribution in [3.63, 3.8) is 0 Å². The van der Waals surface area contributed by atoms with Crippen LogP contribution in [0.2, 0.25) is 0 Å². The van der Waals surface area contributed by atoms with E-state index < -0.39 is 12.0 Å². The fourth-order valence-electron chi connectivity index (χ4n) is 0.725. The van der Waals surface area contributed by atoms with Gasteiger partial charge >= 0.3 is 5.97 Å². The van der Waals surface area contributed by atoms with E-state index in [0.717, 1.165) is 0 Å². The van der Waals surface area contributed by atoms with Crippen molar-refractivity contribution in [2.24, 2.45) is 0 Å². The molecule has 2 unspecified atom stereocenters. The Morgan fingerprint density at radius 2 is 2.08 bits per heavy atom. The molecule has 0 rings (SSSR count). The second-order valence-electron chi connectivity index (χ2n) is 2.63. The van der Waals surface area contributed by atoms with Gasteiger partial charge in [0.25, 0.3) is 0 Å². The van der Waals surface area contributed by atoms with E-state index in [-0.39, 0.29) is 10.7 Å². The molecule has 5 heteroatoms. The highest BCUT2D eigenvalue weighted by atomic mass is 79.9. The van der Waals surface area contributed by atoms with Crippen LogP contribution in [0, 0.1) is 0 Å². The van der Waals surface area contributed by atoms with Crippen molar-refractivity contribution < 1.29 is 14.3 Å². The molecule has 0 saturated heterocycles. The topological polar surface area (TPSA) is 55.4 Å². The predicted octanol–water partition coefficient (Wildman–Crippen LogP) is 0.838. The lowest BCUT2D eigenvalue weighted by molar-refractivity contribution is -0.144. The molecule has 0 aromatic rings. The highest BCUT2D eigenvalue weighted by Gasteiger charge is 2.19. The Morgan fingerprint density at radius 1 is 1.54 bits per heavy atom. The van der Waals surface area contributed by atoms with Crippen LogP contribution in [0.3, 0.4) is 0 Å². The number of esters is 1. The minimum atomic E-state index is -0.593. The summed E-state index contributed by atoms with van der Waals surface area (Å²) in [5.41, 5.74) is 0. The molecule has 0 aliphatic carbocycles. The summed E-state index contributed by atoms with van der Waals surface area (Å²) in [6, 6.07) is -0.593. The minimum absolute atomic E-state index is 0.194. The Labute approximate surface area is 86.1 Å². The van der Waals surface area contributed by atoms with E-state index in [9.17, 15) is 9.59 Å². The van der Waals surface area contributed by atoms with Crippen molar-refractivity contribution in [3.05, 3.63) is 0 Å². The van der Waals surface area contributed by atoms with Crippen LogP contribution >= 0.6 is 15.9 Å². The predicted molar refractivity (Wildman–Crippen MR) is 52.6 cm³/mol. The number of carbonyl (C=O) groups is 2. The van der Waals surface area contributed by atoms with Crippen LogP contribution in [-0.2, 0) is 14.3 Å². The smallest absolute Gasteiger partial charge is 0.328 e. The van der Waals surface area contributed by atoms with Gasteiger partial charge in [-0.15, -0.1) is 0 Å². The average Bonchev–Trinajstić information content (AvgIpc) is 2.14. The van der Waals surface area contributed by atoms with Crippen LogP contribution in [0.1, 0.15) is 20.3 Å². The fourth-order valence-corrected chi connectivity index (χ4v) is 0.857. The molecule has 0 radical (unpaired) electrons. The fraction of sp³-hybridized carbons (Fsp3) is 0.750. The third-order valence-corrected chi connectivity index (χ3v) is 2.62. The van der Waals surface area contributed by atoms with E-state index in [2.05, 4.69) is 26.0 Å². The first-order valence-corrected chi connectivity index (χ1v) is 4.96. The van der Waals surface area contributed by atoms with Gasteiger partial charge in [0.15, 0.2) is 0 Å². The first kappa shape index (κ1) is 12.4. The summed E-state index contributed by atoms with van der Waals surface area (Å²) in [5.74, 6) is -0.635. The van der Waals surface area contributed by atoms with Crippen molar-refractivity contribution in [3.8, 4) is 0 Å². The Kier molecular flexibility index (Phi) is 5.70. The molecule has 1 N–H and O–H groups in total. The second-order valence-corrected chi connectivity index (χ2v) is 3.73. The van der Waals surface area contributed by atoms with Crippen LogP contribution in [0.5, 0.6) is 0 Å². The molecule has 0 aliphatic rings. The van der Waals surface area contributed by atoms with Gasteiger partial charge in [0.05, 0.1) is 11.9 Å². The monoisotopic (exact) mass is 251 g/mol. The van der Waals surface area contributed by atoms with Gasteiger partial charge in [-0.2, -0.15) is 0 Å². The summed E-state index contributed by atoms with van der Waals surface area (Å²) < 4.78 is 4.46. The summed E-state index contributed by atoms with van der Waals surface area (Å²) >= 11 is 3.18. The number of nitrogens with one attached hydrogen (secondary N) is 1. The lowest BCUT2D eigenvalue weighted by atomic mass is 10.3. The molecule has 1 amide bonds. The largest absolute Gasteiger partial charge is 0.467 e. The van der Waals surface area contributed by atoms with Crippen molar-refractivity contribution >= 4 is 27.8 Å². The zero-order valence-electron chi connectivity index (χ0n) is 7.96. The Bertz CT molecular complexity index is 196. The maximum absolute atomic E-state index is 11.2. The lowest BCUT2D eigenvalue weighted by Gasteiger charge is -2.13. The summed E-state index contributed by atoms with van der Waals surface area (Å²) in [6.45, 7) is 3.46. The first-order valence-electron chi connectivity index (χ1n) is 4.05. The average molecular weight is 252 g/mol. The molecule has 0 spiro atoms. The number of carbonyl (C=O) groups excluding carboxylic acids is 2. The molecule has 0 saturated carbocycles. The molecule has 76 valence electrons. The van der Waals surface area contributed by atoms with Crippen LogP contribution in [-0.4, -0.2) is 29.9 Å². The number of ether oxygens (including phenoxy) is 1. The number of rotatable bonds is 4. The van der Waals surface area contributed by atoms with E-state index in [1.54, 1.807) is 6.92 Å². The molecule has 0 fully saturated rings. The SMILES string of the molecule is CCC(Br)C(=O)NC(C)C(=O)OC. The highest BCUT2D eigenvalue weighted by molar-refractivity contribution is 9.10. The van der Waals surface area contributed by atoms with E-state index >= 15 is 0 Å². The van der Waals surface area contributed by atoms with Crippen LogP contribution in [0.4, 0.5) is 0 Å². The highest BCUT2D eigenvalue weighted by Crippen LogP contribution is 2.04. The van der Waals surface area contributed by atoms with Gasteiger partial charge in [-0.1, -0.05) is 22.9 Å². The van der Waals surface area contributed by atoms with Crippen molar-refractivity contribution in [2.45, 2.75) is 31.1 Å². The van der Waals surface area contributed by atoms with Gasteiger partial charge < -0.3 is 10.1 Å². The van der Waals surface area contributed by atoms with Crippen LogP contribution < -0.4 is 5.32 Å². The van der Waals surface area contributed by atoms with Crippen molar-refractivity contribution in [1.29, 1.82) is 0 Å². The molecule has 0 aliphatic heterocycles. The summed E-state index contributed by atoms with van der Waals surface area (Å²) in [4.78, 5) is 21.9. The Hall–Kier alpha value is -0.580. The van der Waals surface area contributed by atoms with E-state index in [0.29, 0.717) is 6.42 Å². The van der Waals surface area contributed by atoms with Gasteiger partial charge in [0.2, 0.25) is 5.91 Å². The number of hydrogen-bond donors (Lipinski definition) is 1. The maximum Gasteiger partial charge on any atom is 0.328 e. The zero-order valence-corrected chi connectivity index (χ0v) is 9.55. The third kappa shape index (κ3) is 4.26. The van der Waals surface area contributed by atoms with Crippen molar-refractivity contribution in [2.75, 3.05) is 7.11 Å². The number of halogens is 1. The standard InChI is InChI=1S/C8H14BrNO3/c1-4-6(9)7(11)10-5(2)8(12)13-3/h5-6H,4H2,1-3H3,(H,10,11). The summed E-state index contributed by atoms with van der Waals surface area (Å²) in [7, 11) is 1.29.